The van der Waals surface area contributed by atoms with Crippen LogP contribution in [0.3, 0.4) is 0 Å². The maximum absolute atomic E-state index is 13.2. The van der Waals surface area contributed by atoms with Crippen molar-refractivity contribution in [3.05, 3.63) is 63.3 Å². The van der Waals surface area contributed by atoms with E-state index >= 15 is 0 Å². The number of H-pyrrole nitrogens is 1. The van der Waals surface area contributed by atoms with Gasteiger partial charge in [0.05, 0.1) is 29.5 Å². The lowest BCUT2D eigenvalue weighted by atomic mass is 10.1. The molecule has 1 aliphatic heterocycles. The summed E-state index contributed by atoms with van der Waals surface area (Å²) < 4.78 is 39.6. The largest absolute Gasteiger partial charge is 0.422 e. The minimum Gasteiger partial charge on any atom is -0.395 e. The molecule has 3 aromatic heterocycles. The van der Waals surface area contributed by atoms with Crippen LogP contribution >= 0.6 is 0 Å². The summed E-state index contributed by atoms with van der Waals surface area (Å²) in [5.41, 5.74) is -0.181. The number of alkyl halides is 3. The van der Waals surface area contributed by atoms with Crippen molar-refractivity contribution in [2.24, 2.45) is 0 Å². The standard InChI is InChI=1S/C23H25F3N6O3/c1-14-19(23(24,25)26)22(35)30-18-10-15(11-29-20(14)18)13-31-5-7-32(8-6-31)16-2-3-17(28-12-16)21(34)27-4-9-33/h2-3,10-12,33H,4-9,13H2,1H3,(H,27,34)(H,30,35). The van der Waals surface area contributed by atoms with E-state index in [2.05, 4.69) is 30.1 Å². The number of hydrogen-bond acceptors (Lipinski definition) is 7. The summed E-state index contributed by atoms with van der Waals surface area (Å²) in [5.74, 6) is -0.342. The summed E-state index contributed by atoms with van der Waals surface area (Å²) in [4.78, 5) is 39.0. The Balaban J connectivity index is 1.39. The van der Waals surface area contributed by atoms with Gasteiger partial charge >= 0.3 is 6.18 Å². The number of amides is 1. The number of halogens is 3. The highest BCUT2D eigenvalue weighted by atomic mass is 19.4. The molecule has 1 aliphatic rings. The zero-order valence-corrected chi connectivity index (χ0v) is 19.0. The Kier molecular flexibility index (Phi) is 7.03. The molecule has 0 unspecified atom stereocenters. The molecule has 186 valence electrons. The number of carbonyl (C=O) groups excluding carboxylic acids is 1. The molecule has 4 heterocycles. The van der Waals surface area contributed by atoms with Crippen molar-refractivity contribution in [2.75, 3.05) is 44.2 Å². The summed E-state index contributed by atoms with van der Waals surface area (Å²) in [7, 11) is 0. The predicted octanol–water partition coefficient (Wildman–Crippen LogP) is 1.69. The third-order valence-corrected chi connectivity index (χ3v) is 5.95. The second-order valence-corrected chi connectivity index (χ2v) is 8.34. The number of nitrogens with one attached hydrogen (secondary N) is 2. The third kappa shape index (κ3) is 5.43. The average molecular weight is 490 g/mol. The van der Waals surface area contributed by atoms with E-state index in [1.54, 1.807) is 24.5 Å². The first kappa shape index (κ1) is 24.6. The van der Waals surface area contributed by atoms with Crippen LogP contribution < -0.4 is 15.8 Å². The van der Waals surface area contributed by atoms with Crippen molar-refractivity contribution < 1.29 is 23.1 Å². The molecule has 0 atom stereocenters. The van der Waals surface area contributed by atoms with E-state index in [9.17, 15) is 22.8 Å². The van der Waals surface area contributed by atoms with Gasteiger partial charge in [0, 0.05) is 45.5 Å². The Bertz CT molecular complexity index is 1270. The number of nitrogens with zero attached hydrogens (tertiary/aromatic N) is 4. The van der Waals surface area contributed by atoms with Crippen LogP contribution in [-0.4, -0.2) is 70.2 Å². The number of piperazine rings is 1. The zero-order chi connectivity index (χ0) is 25.2. The van der Waals surface area contributed by atoms with Crippen LogP contribution in [0.25, 0.3) is 11.0 Å². The van der Waals surface area contributed by atoms with E-state index in [1.165, 1.54) is 6.92 Å². The van der Waals surface area contributed by atoms with Gasteiger partial charge in [-0.15, -0.1) is 0 Å². The number of aromatic amines is 1. The minimum atomic E-state index is -4.74. The third-order valence-electron chi connectivity index (χ3n) is 5.95. The Labute approximate surface area is 198 Å². The summed E-state index contributed by atoms with van der Waals surface area (Å²) in [6.07, 6.45) is -1.55. The van der Waals surface area contributed by atoms with E-state index in [1.807, 2.05) is 6.07 Å². The van der Waals surface area contributed by atoms with Crippen molar-refractivity contribution in [1.82, 2.24) is 25.2 Å². The minimum absolute atomic E-state index is 0.131. The first-order valence-corrected chi connectivity index (χ1v) is 11.1. The van der Waals surface area contributed by atoms with Gasteiger partial charge in [0.15, 0.2) is 0 Å². The van der Waals surface area contributed by atoms with Crippen molar-refractivity contribution in [1.29, 1.82) is 0 Å². The Morgan fingerprint density at radius 1 is 1.17 bits per heavy atom. The summed E-state index contributed by atoms with van der Waals surface area (Å²) in [6.45, 7) is 4.75. The average Bonchev–Trinajstić information content (AvgIpc) is 2.82. The molecule has 1 saturated heterocycles. The van der Waals surface area contributed by atoms with E-state index in [-0.39, 0.29) is 41.3 Å². The maximum atomic E-state index is 13.2. The second kappa shape index (κ2) is 10.0. The molecule has 3 N–H and O–H groups in total. The molecule has 9 nitrogen and oxygen atoms in total. The van der Waals surface area contributed by atoms with Gasteiger partial charge in [-0.1, -0.05) is 0 Å². The normalized spacial score (nSPS) is 14.9. The van der Waals surface area contributed by atoms with Gasteiger partial charge in [0.25, 0.3) is 11.5 Å². The molecule has 0 aromatic carbocycles. The Morgan fingerprint density at radius 2 is 1.91 bits per heavy atom. The van der Waals surface area contributed by atoms with Gasteiger partial charge in [-0.2, -0.15) is 13.2 Å². The molecule has 1 amide bonds. The number of aryl methyl sites for hydroxylation is 1. The van der Waals surface area contributed by atoms with E-state index in [0.29, 0.717) is 6.54 Å². The summed E-state index contributed by atoms with van der Waals surface area (Å²) in [6, 6.07) is 5.15. The van der Waals surface area contributed by atoms with Crippen LogP contribution in [0.4, 0.5) is 18.9 Å². The molecule has 0 aliphatic carbocycles. The fourth-order valence-corrected chi connectivity index (χ4v) is 4.19. The van der Waals surface area contributed by atoms with Crippen molar-refractivity contribution >= 4 is 22.6 Å². The van der Waals surface area contributed by atoms with Crippen LogP contribution in [0.15, 0.2) is 35.4 Å². The predicted molar refractivity (Wildman–Crippen MR) is 123 cm³/mol. The molecule has 4 rings (SSSR count). The smallest absolute Gasteiger partial charge is 0.395 e. The van der Waals surface area contributed by atoms with Gasteiger partial charge in [0.2, 0.25) is 0 Å². The molecule has 1 fully saturated rings. The molecular weight excluding hydrogens is 465 g/mol. The van der Waals surface area contributed by atoms with E-state index in [0.717, 1.165) is 37.4 Å². The van der Waals surface area contributed by atoms with Crippen LogP contribution in [0.1, 0.15) is 27.2 Å². The van der Waals surface area contributed by atoms with Crippen molar-refractivity contribution in [3.63, 3.8) is 0 Å². The van der Waals surface area contributed by atoms with E-state index < -0.39 is 17.3 Å². The second-order valence-electron chi connectivity index (χ2n) is 8.34. The molecule has 0 bridgehead atoms. The first-order chi connectivity index (χ1) is 16.7. The molecule has 0 radical (unpaired) electrons. The number of aliphatic hydroxyl groups excluding tert-OH is 1. The van der Waals surface area contributed by atoms with Crippen LogP contribution in [0, 0.1) is 6.92 Å². The number of aliphatic hydroxyl groups is 1. The van der Waals surface area contributed by atoms with E-state index in [4.69, 9.17) is 5.11 Å². The van der Waals surface area contributed by atoms with Gasteiger partial charge in [-0.3, -0.25) is 19.5 Å². The number of hydrogen-bond donors (Lipinski definition) is 3. The number of carbonyl (C=O) groups is 1. The van der Waals surface area contributed by atoms with Gasteiger partial charge in [-0.05, 0) is 36.2 Å². The molecule has 12 heteroatoms. The van der Waals surface area contributed by atoms with Crippen LogP contribution in [0.2, 0.25) is 0 Å². The Morgan fingerprint density at radius 3 is 2.54 bits per heavy atom. The number of fused-ring (bicyclic) bond motifs is 1. The number of pyridine rings is 3. The number of rotatable bonds is 6. The molecule has 3 aromatic rings. The van der Waals surface area contributed by atoms with Crippen molar-refractivity contribution in [3.8, 4) is 0 Å². The topological polar surface area (TPSA) is 114 Å². The lowest BCUT2D eigenvalue weighted by Crippen LogP contribution is -2.46. The van der Waals surface area contributed by atoms with Gasteiger partial charge in [0.1, 0.15) is 11.3 Å². The molecule has 0 spiro atoms. The van der Waals surface area contributed by atoms with Crippen LogP contribution in [0.5, 0.6) is 0 Å². The zero-order valence-electron chi connectivity index (χ0n) is 19.0. The molecule has 35 heavy (non-hydrogen) atoms. The quantitative estimate of drug-likeness (QED) is 0.482. The molecule has 0 saturated carbocycles. The first-order valence-electron chi connectivity index (χ1n) is 11.1. The van der Waals surface area contributed by atoms with Crippen molar-refractivity contribution in [2.45, 2.75) is 19.6 Å². The highest BCUT2D eigenvalue weighted by Crippen LogP contribution is 2.31. The summed E-state index contributed by atoms with van der Waals surface area (Å²) >= 11 is 0. The number of anilines is 1. The SMILES string of the molecule is Cc1c(C(F)(F)F)c(=O)[nH]c2cc(CN3CCN(c4ccc(C(=O)NCCO)nc4)CC3)cnc12. The van der Waals surface area contributed by atoms with Gasteiger partial charge in [-0.25, -0.2) is 4.98 Å². The highest BCUT2D eigenvalue weighted by Gasteiger charge is 2.36. The monoisotopic (exact) mass is 490 g/mol. The Hall–Kier alpha value is -3.51. The van der Waals surface area contributed by atoms with Crippen LogP contribution in [-0.2, 0) is 12.7 Å². The lowest BCUT2D eigenvalue weighted by molar-refractivity contribution is -0.139. The number of aromatic nitrogens is 3. The fourth-order valence-electron chi connectivity index (χ4n) is 4.19. The lowest BCUT2D eigenvalue weighted by Gasteiger charge is -2.36. The van der Waals surface area contributed by atoms with Gasteiger partial charge < -0.3 is 20.3 Å². The maximum Gasteiger partial charge on any atom is 0.422 e. The fraction of sp³-hybridized carbons (Fsp3) is 0.391. The summed E-state index contributed by atoms with van der Waals surface area (Å²) in [5, 5.41) is 11.4. The highest BCUT2D eigenvalue weighted by molar-refractivity contribution is 5.92. The molecular formula is C23H25F3N6O3.